The molecule has 0 N–H and O–H groups in total. The van der Waals surface area contributed by atoms with Gasteiger partial charge >= 0.3 is 5.69 Å². The first-order chi connectivity index (χ1) is 8.40. The lowest BCUT2D eigenvalue weighted by Crippen LogP contribution is -2.31. The minimum atomic E-state index is -0.479. The van der Waals surface area contributed by atoms with Crippen LogP contribution < -0.4 is 0 Å². The Morgan fingerprint density at radius 2 is 2.00 bits per heavy atom. The lowest BCUT2D eigenvalue weighted by Gasteiger charge is -2.32. The van der Waals surface area contributed by atoms with Gasteiger partial charge in [0.2, 0.25) is 5.15 Å². The van der Waals surface area contributed by atoms with Gasteiger partial charge in [0.15, 0.2) is 0 Å². The van der Waals surface area contributed by atoms with Crippen LogP contribution >= 0.6 is 11.6 Å². The number of ether oxygens (including phenoxy) is 1. The fourth-order valence-electron chi connectivity index (χ4n) is 2.53. The molecule has 1 aliphatic rings. The van der Waals surface area contributed by atoms with E-state index in [2.05, 4.69) is 5.10 Å². The molecule has 2 rings (SSSR count). The molecule has 1 saturated heterocycles. The van der Waals surface area contributed by atoms with Crippen molar-refractivity contribution in [1.29, 1.82) is 0 Å². The lowest BCUT2D eigenvalue weighted by atomic mass is 10.0. The van der Waals surface area contributed by atoms with Crippen LogP contribution in [0.25, 0.3) is 0 Å². The number of rotatable bonds is 2. The molecule has 2 heterocycles. The quantitative estimate of drug-likeness (QED) is 0.614. The van der Waals surface area contributed by atoms with E-state index in [1.807, 2.05) is 13.8 Å². The maximum Gasteiger partial charge on any atom is 0.328 e. The molecule has 18 heavy (non-hydrogen) atoms. The summed E-state index contributed by atoms with van der Waals surface area (Å²) in [5.41, 5.74) is 0.264. The van der Waals surface area contributed by atoms with E-state index in [9.17, 15) is 10.1 Å². The second kappa shape index (κ2) is 4.85. The highest BCUT2D eigenvalue weighted by atomic mass is 35.5. The van der Waals surface area contributed by atoms with Gasteiger partial charge in [0.05, 0.1) is 23.2 Å². The zero-order valence-corrected chi connectivity index (χ0v) is 11.3. The van der Waals surface area contributed by atoms with Crippen molar-refractivity contribution < 1.29 is 9.66 Å². The molecule has 2 atom stereocenters. The van der Waals surface area contributed by atoms with Gasteiger partial charge in [0, 0.05) is 0 Å². The van der Waals surface area contributed by atoms with Crippen LogP contribution in [0.15, 0.2) is 0 Å². The average Bonchev–Trinajstić information content (AvgIpc) is 2.52. The zero-order valence-electron chi connectivity index (χ0n) is 10.6. The van der Waals surface area contributed by atoms with Crippen molar-refractivity contribution >= 4 is 17.3 Å². The van der Waals surface area contributed by atoms with E-state index in [4.69, 9.17) is 16.3 Å². The fraction of sp³-hybridized carbons (Fsp3) is 0.727. The molecule has 0 bridgehead atoms. The first kappa shape index (κ1) is 13.3. The molecule has 0 spiro atoms. The minimum Gasteiger partial charge on any atom is -0.375 e. The molecule has 0 aromatic carbocycles. The van der Waals surface area contributed by atoms with Crippen molar-refractivity contribution in [2.45, 2.75) is 51.9 Å². The van der Waals surface area contributed by atoms with Gasteiger partial charge in [0.25, 0.3) is 0 Å². The summed E-state index contributed by atoms with van der Waals surface area (Å²) in [6, 6.07) is 0.0589. The third-order valence-electron chi connectivity index (χ3n) is 3.20. The second-order valence-electron chi connectivity index (χ2n) is 4.81. The van der Waals surface area contributed by atoms with Gasteiger partial charge in [-0.3, -0.25) is 10.1 Å². The van der Waals surface area contributed by atoms with Crippen molar-refractivity contribution in [3.63, 3.8) is 0 Å². The number of aromatic nitrogens is 2. The standard InChI is InChI=1S/C11H16ClN3O3/c1-6-4-9(5-7(2)18-6)14-11(12)10(15(16)17)8(3)13-14/h6-7,9H,4-5H2,1-3H3. The van der Waals surface area contributed by atoms with E-state index >= 15 is 0 Å². The number of halogens is 1. The molecule has 1 aliphatic heterocycles. The molecule has 1 fully saturated rings. The Morgan fingerprint density at radius 3 is 2.44 bits per heavy atom. The Hall–Kier alpha value is -1.14. The van der Waals surface area contributed by atoms with Gasteiger partial charge in [0.1, 0.15) is 5.69 Å². The minimum absolute atomic E-state index is 0.0589. The molecular weight excluding hydrogens is 258 g/mol. The summed E-state index contributed by atoms with van der Waals surface area (Å²) in [6.45, 7) is 5.58. The fourth-order valence-corrected chi connectivity index (χ4v) is 2.91. The number of hydrogen-bond acceptors (Lipinski definition) is 4. The van der Waals surface area contributed by atoms with Crippen molar-refractivity contribution in [3.05, 3.63) is 21.0 Å². The van der Waals surface area contributed by atoms with Crippen LogP contribution in [0.3, 0.4) is 0 Å². The molecular formula is C11H16ClN3O3. The summed E-state index contributed by atoms with van der Waals surface area (Å²) in [7, 11) is 0. The Kier molecular flexibility index (Phi) is 3.59. The summed E-state index contributed by atoms with van der Waals surface area (Å²) in [5, 5.41) is 15.2. The maximum absolute atomic E-state index is 10.9. The second-order valence-corrected chi connectivity index (χ2v) is 5.17. The molecule has 0 saturated carbocycles. The monoisotopic (exact) mass is 273 g/mol. The molecule has 100 valence electrons. The van der Waals surface area contributed by atoms with Crippen LogP contribution in [0.2, 0.25) is 5.15 Å². The van der Waals surface area contributed by atoms with E-state index in [1.54, 1.807) is 11.6 Å². The number of nitrogens with zero attached hydrogens (tertiary/aromatic N) is 3. The van der Waals surface area contributed by atoms with E-state index < -0.39 is 4.92 Å². The van der Waals surface area contributed by atoms with Gasteiger partial charge < -0.3 is 4.74 Å². The normalized spacial score (nSPS) is 28.3. The Bertz CT molecular complexity index is 464. The van der Waals surface area contributed by atoms with Gasteiger partial charge in [-0.25, -0.2) is 4.68 Å². The lowest BCUT2D eigenvalue weighted by molar-refractivity contribution is -0.385. The van der Waals surface area contributed by atoms with Gasteiger partial charge in [-0.05, 0) is 33.6 Å². The first-order valence-corrected chi connectivity index (χ1v) is 6.32. The zero-order chi connectivity index (χ0) is 13.4. The highest BCUT2D eigenvalue weighted by Crippen LogP contribution is 2.35. The van der Waals surface area contributed by atoms with Crippen molar-refractivity contribution in [2.75, 3.05) is 0 Å². The topological polar surface area (TPSA) is 70.2 Å². The summed E-state index contributed by atoms with van der Waals surface area (Å²) in [4.78, 5) is 10.4. The summed E-state index contributed by atoms with van der Waals surface area (Å²) >= 11 is 6.07. The van der Waals surface area contributed by atoms with Crippen LogP contribution in [0.5, 0.6) is 0 Å². The van der Waals surface area contributed by atoms with Crippen LogP contribution in [0.1, 0.15) is 38.4 Å². The Labute approximate surface area is 110 Å². The highest BCUT2D eigenvalue weighted by molar-refractivity contribution is 6.31. The average molecular weight is 274 g/mol. The van der Waals surface area contributed by atoms with Gasteiger partial charge in [-0.1, -0.05) is 11.6 Å². The summed E-state index contributed by atoms with van der Waals surface area (Å²) < 4.78 is 7.22. The Morgan fingerprint density at radius 1 is 1.44 bits per heavy atom. The molecule has 0 aliphatic carbocycles. The third kappa shape index (κ3) is 2.35. The van der Waals surface area contributed by atoms with E-state index in [0.29, 0.717) is 5.69 Å². The van der Waals surface area contributed by atoms with Crippen LogP contribution in [-0.4, -0.2) is 26.9 Å². The van der Waals surface area contributed by atoms with Crippen LogP contribution in [0, 0.1) is 17.0 Å². The van der Waals surface area contributed by atoms with E-state index in [-0.39, 0.29) is 29.1 Å². The van der Waals surface area contributed by atoms with Crippen LogP contribution in [-0.2, 0) is 4.74 Å². The number of aryl methyl sites for hydroxylation is 1. The first-order valence-electron chi connectivity index (χ1n) is 5.94. The SMILES string of the molecule is Cc1nn(C2CC(C)OC(C)C2)c(Cl)c1[N+](=O)[O-]. The van der Waals surface area contributed by atoms with Crippen LogP contribution in [0.4, 0.5) is 5.69 Å². The highest BCUT2D eigenvalue weighted by Gasteiger charge is 2.32. The molecule has 1 aromatic heterocycles. The Balaban J connectivity index is 2.34. The van der Waals surface area contributed by atoms with Gasteiger partial charge in [-0.2, -0.15) is 5.10 Å². The summed E-state index contributed by atoms with van der Waals surface area (Å²) in [6.07, 6.45) is 1.75. The predicted octanol–water partition coefficient (Wildman–Crippen LogP) is 2.88. The molecule has 0 amide bonds. The number of nitro groups is 1. The van der Waals surface area contributed by atoms with Crippen molar-refractivity contribution in [1.82, 2.24) is 9.78 Å². The third-order valence-corrected chi connectivity index (χ3v) is 3.55. The molecule has 2 unspecified atom stereocenters. The van der Waals surface area contributed by atoms with Gasteiger partial charge in [-0.15, -0.1) is 0 Å². The molecule has 6 nitrogen and oxygen atoms in total. The molecule has 0 radical (unpaired) electrons. The van der Waals surface area contributed by atoms with E-state index in [1.165, 1.54) is 0 Å². The predicted molar refractivity (Wildman–Crippen MR) is 66.9 cm³/mol. The smallest absolute Gasteiger partial charge is 0.328 e. The van der Waals surface area contributed by atoms with Crippen molar-refractivity contribution in [2.24, 2.45) is 0 Å². The molecule has 7 heteroatoms. The summed E-state index contributed by atoms with van der Waals surface area (Å²) in [5.74, 6) is 0. The van der Waals surface area contributed by atoms with Crippen molar-refractivity contribution in [3.8, 4) is 0 Å². The largest absolute Gasteiger partial charge is 0.375 e. The number of hydrogen-bond donors (Lipinski definition) is 0. The maximum atomic E-state index is 10.9. The van der Waals surface area contributed by atoms with E-state index in [0.717, 1.165) is 12.8 Å². The molecule has 1 aromatic rings.